The van der Waals surface area contributed by atoms with Gasteiger partial charge in [0, 0.05) is 30.8 Å². The summed E-state index contributed by atoms with van der Waals surface area (Å²) < 4.78 is 22.4. The van der Waals surface area contributed by atoms with Crippen LogP contribution in [0.2, 0.25) is 0 Å². The summed E-state index contributed by atoms with van der Waals surface area (Å²) in [7, 11) is 1.59. The lowest BCUT2D eigenvalue weighted by molar-refractivity contribution is 0.0368. The topological polar surface area (TPSA) is 61.1 Å². The summed E-state index contributed by atoms with van der Waals surface area (Å²) in [6.45, 7) is 5.52. The summed E-state index contributed by atoms with van der Waals surface area (Å²) in [6.07, 6.45) is 2.13. The molecule has 158 valence electrons. The second-order valence-electron chi connectivity index (χ2n) is 7.37. The molecule has 1 saturated heterocycles. The van der Waals surface area contributed by atoms with Crippen molar-refractivity contribution in [2.45, 2.75) is 12.8 Å². The number of rotatable bonds is 8. The molecule has 4 rings (SSSR count). The van der Waals surface area contributed by atoms with E-state index in [1.807, 2.05) is 24.3 Å². The van der Waals surface area contributed by atoms with Gasteiger partial charge in [-0.1, -0.05) is 0 Å². The van der Waals surface area contributed by atoms with Crippen molar-refractivity contribution in [2.75, 3.05) is 46.6 Å². The van der Waals surface area contributed by atoms with Crippen LogP contribution in [0.4, 0.5) is 0 Å². The Morgan fingerprint density at radius 2 is 1.73 bits per heavy atom. The molecule has 0 amide bonds. The standard InChI is InChI=1S/C24H27NO5/c1-27-20-8-9-21-22(26)17-23(30-24(21)16-20)18-4-6-19(7-5-18)29-13-3-2-10-25-11-14-28-15-12-25/h4-9,16-17H,2-3,10-15H2,1H3. The second-order valence-corrected chi connectivity index (χ2v) is 7.37. The lowest BCUT2D eigenvalue weighted by Crippen LogP contribution is -2.36. The molecule has 0 bridgehead atoms. The number of benzene rings is 2. The molecule has 6 nitrogen and oxygen atoms in total. The normalized spacial score (nSPS) is 14.7. The van der Waals surface area contributed by atoms with E-state index in [0.717, 1.165) is 57.0 Å². The Hall–Kier alpha value is -2.83. The number of hydrogen-bond donors (Lipinski definition) is 0. The molecule has 6 heteroatoms. The van der Waals surface area contributed by atoms with Crippen LogP contribution in [0.1, 0.15) is 12.8 Å². The fourth-order valence-electron chi connectivity index (χ4n) is 3.57. The molecule has 0 unspecified atom stereocenters. The number of ether oxygens (including phenoxy) is 3. The third-order valence-corrected chi connectivity index (χ3v) is 5.32. The number of unbranched alkanes of at least 4 members (excludes halogenated alkanes) is 1. The largest absolute Gasteiger partial charge is 0.497 e. The molecule has 1 fully saturated rings. The molecular formula is C24H27NO5. The van der Waals surface area contributed by atoms with Crippen molar-refractivity contribution in [3.63, 3.8) is 0 Å². The van der Waals surface area contributed by atoms with Crippen molar-refractivity contribution < 1.29 is 18.6 Å². The summed E-state index contributed by atoms with van der Waals surface area (Å²) in [5.74, 6) is 1.99. The molecule has 30 heavy (non-hydrogen) atoms. The van der Waals surface area contributed by atoms with Gasteiger partial charge < -0.3 is 18.6 Å². The van der Waals surface area contributed by atoms with Crippen LogP contribution >= 0.6 is 0 Å². The first kappa shape index (κ1) is 20.4. The van der Waals surface area contributed by atoms with E-state index in [9.17, 15) is 4.79 Å². The zero-order valence-corrected chi connectivity index (χ0v) is 17.3. The Morgan fingerprint density at radius 3 is 2.50 bits per heavy atom. The molecular weight excluding hydrogens is 382 g/mol. The summed E-state index contributed by atoms with van der Waals surface area (Å²) >= 11 is 0. The van der Waals surface area contributed by atoms with Gasteiger partial charge in [-0.2, -0.15) is 0 Å². The first-order valence-corrected chi connectivity index (χ1v) is 10.4. The molecule has 0 spiro atoms. The maximum Gasteiger partial charge on any atom is 0.193 e. The monoisotopic (exact) mass is 409 g/mol. The van der Waals surface area contributed by atoms with Crippen molar-refractivity contribution in [2.24, 2.45) is 0 Å². The van der Waals surface area contributed by atoms with Crippen molar-refractivity contribution >= 4 is 11.0 Å². The van der Waals surface area contributed by atoms with Gasteiger partial charge in [0.05, 0.1) is 32.3 Å². The van der Waals surface area contributed by atoms with Crippen LogP contribution in [0, 0.1) is 0 Å². The number of hydrogen-bond acceptors (Lipinski definition) is 6. The van der Waals surface area contributed by atoms with Gasteiger partial charge in [0.2, 0.25) is 0 Å². The molecule has 0 saturated carbocycles. The number of methoxy groups -OCH3 is 1. The van der Waals surface area contributed by atoms with E-state index in [0.29, 0.717) is 29.1 Å². The summed E-state index contributed by atoms with van der Waals surface area (Å²) in [4.78, 5) is 14.9. The average Bonchev–Trinajstić information content (AvgIpc) is 2.79. The molecule has 2 aromatic carbocycles. The highest BCUT2D eigenvalue weighted by atomic mass is 16.5. The predicted octanol–water partition coefficient (Wildman–Crippen LogP) is 3.96. The quantitative estimate of drug-likeness (QED) is 0.525. The minimum absolute atomic E-state index is 0.0745. The first-order valence-electron chi connectivity index (χ1n) is 10.4. The zero-order valence-electron chi connectivity index (χ0n) is 17.3. The van der Waals surface area contributed by atoms with E-state index < -0.39 is 0 Å². The summed E-state index contributed by atoms with van der Waals surface area (Å²) in [5, 5.41) is 0.539. The van der Waals surface area contributed by atoms with Crippen LogP contribution in [-0.4, -0.2) is 51.5 Å². The van der Waals surface area contributed by atoms with Gasteiger partial charge in [-0.05, 0) is 55.8 Å². The first-order chi connectivity index (χ1) is 14.7. The molecule has 0 radical (unpaired) electrons. The van der Waals surface area contributed by atoms with E-state index in [2.05, 4.69) is 4.90 Å². The minimum Gasteiger partial charge on any atom is -0.497 e. The molecule has 2 heterocycles. The summed E-state index contributed by atoms with van der Waals surface area (Å²) in [5.41, 5.74) is 1.27. The van der Waals surface area contributed by atoms with Crippen molar-refractivity contribution in [3.8, 4) is 22.8 Å². The highest BCUT2D eigenvalue weighted by Crippen LogP contribution is 2.26. The van der Waals surface area contributed by atoms with E-state index in [1.165, 1.54) is 6.07 Å². The van der Waals surface area contributed by atoms with Gasteiger partial charge in [0.25, 0.3) is 0 Å². The van der Waals surface area contributed by atoms with Crippen LogP contribution in [0.3, 0.4) is 0 Å². The third kappa shape index (κ3) is 5.01. The zero-order chi connectivity index (χ0) is 20.8. The smallest absolute Gasteiger partial charge is 0.193 e. The highest BCUT2D eigenvalue weighted by molar-refractivity contribution is 5.80. The van der Waals surface area contributed by atoms with Crippen LogP contribution in [0.15, 0.2) is 57.7 Å². The van der Waals surface area contributed by atoms with Crippen LogP contribution in [0.25, 0.3) is 22.3 Å². The van der Waals surface area contributed by atoms with Gasteiger partial charge in [0.15, 0.2) is 5.43 Å². The van der Waals surface area contributed by atoms with Gasteiger partial charge in [-0.25, -0.2) is 0 Å². The van der Waals surface area contributed by atoms with Gasteiger partial charge in [-0.3, -0.25) is 9.69 Å². The third-order valence-electron chi connectivity index (χ3n) is 5.32. The molecule has 1 aromatic heterocycles. The molecule has 1 aliphatic heterocycles. The lowest BCUT2D eigenvalue weighted by Gasteiger charge is -2.26. The number of nitrogens with zero attached hydrogens (tertiary/aromatic N) is 1. The minimum atomic E-state index is -0.0745. The Bertz CT molecular complexity index is 1020. The Kier molecular flexibility index (Phi) is 6.67. The average molecular weight is 409 g/mol. The Balaban J connectivity index is 1.34. The number of morpholine rings is 1. The summed E-state index contributed by atoms with van der Waals surface area (Å²) in [6, 6.07) is 14.4. The molecule has 0 aliphatic carbocycles. The number of fused-ring (bicyclic) bond motifs is 1. The molecule has 1 aliphatic rings. The van der Waals surface area contributed by atoms with Gasteiger partial charge >= 0.3 is 0 Å². The van der Waals surface area contributed by atoms with Crippen LogP contribution in [0.5, 0.6) is 11.5 Å². The van der Waals surface area contributed by atoms with Crippen LogP contribution < -0.4 is 14.9 Å². The second kappa shape index (κ2) is 9.78. The molecule has 0 N–H and O–H groups in total. The maximum absolute atomic E-state index is 12.4. The predicted molar refractivity (Wildman–Crippen MR) is 116 cm³/mol. The van der Waals surface area contributed by atoms with E-state index in [4.69, 9.17) is 18.6 Å². The van der Waals surface area contributed by atoms with Gasteiger partial charge in [0.1, 0.15) is 22.8 Å². The van der Waals surface area contributed by atoms with Gasteiger partial charge in [-0.15, -0.1) is 0 Å². The Labute approximate surface area is 176 Å². The fourth-order valence-corrected chi connectivity index (χ4v) is 3.57. The van der Waals surface area contributed by atoms with E-state index in [-0.39, 0.29) is 5.43 Å². The fraction of sp³-hybridized carbons (Fsp3) is 0.375. The Morgan fingerprint density at radius 1 is 0.967 bits per heavy atom. The highest BCUT2D eigenvalue weighted by Gasteiger charge is 2.10. The van der Waals surface area contributed by atoms with Crippen molar-refractivity contribution in [3.05, 3.63) is 58.8 Å². The molecule has 3 aromatic rings. The van der Waals surface area contributed by atoms with E-state index >= 15 is 0 Å². The van der Waals surface area contributed by atoms with Crippen LogP contribution in [-0.2, 0) is 4.74 Å². The SMILES string of the molecule is COc1ccc2c(=O)cc(-c3ccc(OCCCCN4CCOCC4)cc3)oc2c1. The maximum atomic E-state index is 12.4. The molecule has 0 atom stereocenters. The van der Waals surface area contributed by atoms with E-state index in [1.54, 1.807) is 25.3 Å². The van der Waals surface area contributed by atoms with Crippen molar-refractivity contribution in [1.82, 2.24) is 4.90 Å². The lowest BCUT2D eigenvalue weighted by atomic mass is 10.1. The van der Waals surface area contributed by atoms with Crippen molar-refractivity contribution in [1.29, 1.82) is 0 Å².